The molecule has 1 N–H and O–H groups in total. The maximum absolute atomic E-state index is 13.2. The summed E-state index contributed by atoms with van der Waals surface area (Å²) in [5.74, 6) is 1.30. The Bertz CT molecular complexity index is 1150. The van der Waals surface area contributed by atoms with Gasteiger partial charge in [-0.25, -0.2) is 9.69 Å². The zero-order valence-corrected chi connectivity index (χ0v) is 20.4. The zero-order valence-electron chi connectivity index (χ0n) is 18.2. The van der Waals surface area contributed by atoms with Gasteiger partial charge in [-0.15, -0.1) is 0 Å². The van der Waals surface area contributed by atoms with E-state index in [0.29, 0.717) is 5.69 Å². The molecule has 0 aromatic heterocycles. The Morgan fingerprint density at radius 1 is 0.848 bits per heavy atom. The van der Waals surface area contributed by atoms with E-state index in [1.807, 2.05) is 36.4 Å². The molecule has 0 unspecified atom stereocenters. The highest BCUT2D eigenvalue weighted by molar-refractivity contribution is 14.1. The highest BCUT2D eigenvalue weighted by atomic mass is 127. The number of imide groups is 2. The Morgan fingerprint density at radius 2 is 1.42 bits per heavy atom. The van der Waals surface area contributed by atoms with Crippen LogP contribution in [-0.4, -0.2) is 17.8 Å². The number of hydrogen-bond acceptors (Lipinski definition) is 3. The minimum atomic E-state index is -0.702. The summed E-state index contributed by atoms with van der Waals surface area (Å²) in [6.07, 6.45) is 9.50. The summed E-state index contributed by atoms with van der Waals surface area (Å²) < 4.78 is 1.06. The molecule has 1 saturated heterocycles. The van der Waals surface area contributed by atoms with Gasteiger partial charge in [-0.3, -0.25) is 14.9 Å². The van der Waals surface area contributed by atoms with E-state index in [2.05, 4.69) is 40.0 Å². The average molecular weight is 552 g/mol. The normalized spacial score (nSPS) is 31.9. The first kappa shape index (κ1) is 21.1. The van der Waals surface area contributed by atoms with Crippen molar-refractivity contribution in [1.29, 1.82) is 0 Å². The van der Waals surface area contributed by atoms with Gasteiger partial charge < -0.3 is 0 Å². The smallest absolute Gasteiger partial charge is 0.273 e. The van der Waals surface area contributed by atoms with Gasteiger partial charge in [0.1, 0.15) is 5.57 Å². The molecule has 168 valence electrons. The van der Waals surface area contributed by atoms with E-state index in [0.717, 1.165) is 31.8 Å². The quantitative estimate of drug-likeness (QED) is 0.314. The SMILES string of the molecule is O=C1NC(=O)N(c2ccc(C34CC5CC(CC(C5)C3)C4)cc2)C(=O)/C1=C/c1ccc(I)cc1. The number of carbonyl (C=O) groups excluding carboxylic acids is 3. The fourth-order valence-electron chi connectivity index (χ4n) is 7.05. The molecule has 2 aromatic carbocycles. The van der Waals surface area contributed by atoms with Crippen LogP contribution in [0.3, 0.4) is 0 Å². The molecule has 2 aromatic rings. The summed E-state index contributed by atoms with van der Waals surface area (Å²) in [7, 11) is 0. The lowest BCUT2D eigenvalue weighted by Crippen LogP contribution is -2.54. The molecule has 5 aliphatic rings. The fraction of sp³-hybridized carbons (Fsp3) is 0.370. The molecule has 7 rings (SSSR count). The third-order valence-electron chi connectivity index (χ3n) is 8.06. The van der Waals surface area contributed by atoms with Gasteiger partial charge in [-0.1, -0.05) is 24.3 Å². The van der Waals surface area contributed by atoms with Crippen molar-refractivity contribution in [2.75, 3.05) is 4.90 Å². The Labute approximate surface area is 206 Å². The molecule has 5 nitrogen and oxygen atoms in total. The van der Waals surface area contributed by atoms with E-state index in [1.54, 1.807) is 0 Å². The summed E-state index contributed by atoms with van der Waals surface area (Å²) in [5, 5.41) is 2.32. The van der Waals surface area contributed by atoms with E-state index in [9.17, 15) is 14.4 Å². The Kier molecular flexibility index (Phi) is 4.98. The van der Waals surface area contributed by atoms with Crippen LogP contribution in [0.25, 0.3) is 6.08 Å². The van der Waals surface area contributed by atoms with Crippen molar-refractivity contribution >= 4 is 52.2 Å². The van der Waals surface area contributed by atoms with E-state index < -0.39 is 17.8 Å². The van der Waals surface area contributed by atoms with Gasteiger partial charge in [0.25, 0.3) is 11.8 Å². The first-order valence-corrected chi connectivity index (χ1v) is 12.8. The van der Waals surface area contributed by atoms with Crippen molar-refractivity contribution in [3.05, 3.63) is 68.8 Å². The molecule has 0 radical (unpaired) electrons. The van der Waals surface area contributed by atoms with Crippen LogP contribution in [0, 0.1) is 21.3 Å². The Hall–Kier alpha value is -2.48. The maximum atomic E-state index is 13.2. The molecule has 5 fully saturated rings. The van der Waals surface area contributed by atoms with Crippen LogP contribution in [0.15, 0.2) is 54.1 Å². The number of hydrogen-bond donors (Lipinski definition) is 1. The molecule has 1 aliphatic heterocycles. The number of anilines is 1. The van der Waals surface area contributed by atoms with Crippen LogP contribution in [0.1, 0.15) is 49.7 Å². The summed E-state index contributed by atoms with van der Waals surface area (Å²) in [6.45, 7) is 0. The predicted octanol–water partition coefficient (Wildman–Crippen LogP) is 5.43. The largest absolute Gasteiger partial charge is 0.335 e. The van der Waals surface area contributed by atoms with E-state index >= 15 is 0 Å². The van der Waals surface area contributed by atoms with Crippen molar-refractivity contribution in [1.82, 2.24) is 5.32 Å². The summed E-state index contributed by atoms with van der Waals surface area (Å²) in [4.78, 5) is 39.3. The minimum Gasteiger partial charge on any atom is -0.273 e. The lowest BCUT2D eigenvalue weighted by Gasteiger charge is -2.57. The van der Waals surface area contributed by atoms with E-state index in [4.69, 9.17) is 0 Å². The number of barbiturate groups is 1. The number of halogens is 1. The van der Waals surface area contributed by atoms with Crippen LogP contribution in [0.4, 0.5) is 10.5 Å². The van der Waals surface area contributed by atoms with Crippen LogP contribution in [0.2, 0.25) is 0 Å². The average Bonchev–Trinajstić information content (AvgIpc) is 2.77. The van der Waals surface area contributed by atoms with Gasteiger partial charge in [0.05, 0.1) is 5.69 Å². The van der Waals surface area contributed by atoms with Crippen LogP contribution in [0.5, 0.6) is 0 Å². The lowest BCUT2D eigenvalue weighted by molar-refractivity contribution is -0.122. The number of urea groups is 1. The number of rotatable bonds is 3. The highest BCUT2D eigenvalue weighted by Crippen LogP contribution is 2.60. The van der Waals surface area contributed by atoms with Gasteiger partial charge in [0, 0.05) is 3.57 Å². The van der Waals surface area contributed by atoms with Gasteiger partial charge in [-0.2, -0.15) is 0 Å². The first-order valence-electron chi connectivity index (χ1n) is 11.7. The number of nitrogens with zero attached hydrogens (tertiary/aromatic N) is 1. The summed E-state index contributed by atoms with van der Waals surface area (Å²) in [5.41, 5.74) is 2.78. The van der Waals surface area contributed by atoms with Crippen molar-refractivity contribution in [3.8, 4) is 0 Å². The topological polar surface area (TPSA) is 66.5 Å². The van der Waals surface area contributed by atoms with Gasteiger partial charge in [0.2, 0.25) is 0 Å². The molecule has 4 aliphatic carbocycles. The Morgan fingerprint density at radius 3 is 2.00 bits per heavy atom. The van der Waals surface area contributed by atoms with Crippen LogP contribution < -0.4 is 10.2 Å². The highest BCUT2D eigenvalue weighted by Gasteiger charge is 2.51. The second-order valence-corrected chi connectivity index (χ2v) is 11.5. The van der Waals surface area contributed by atoms with Crippen molar-refractivity contribution < 1.29 is 14.4 Å². The molecule has 0 spiro atoms. The minimum absolute atomic E-state index is 0.0408. The molecule has 33 heavy (non-hydrogen) atoms. The maximum Gasteiger partial charge on any atom is 0.335 e. The first-order chi connectivity index (χ1) is 15.9. The Balaban J connectivity index is 1.29. The molecule has 4 saturated carbocycles. The monoisotopic (exact) mass is 552 g/mol. The zero-order chi connectivity index (χ0) is 22.7. The molecule has 6 heteroatoms. The fourth-order valence-corrected chi connectivity index (χ4v) is 7.41. The third-order valence-corrected chi connectivity index (χ3v) is 8.78. The van der Waals surface area contributed by atoms with Crippen molar-refractivity contribution in [2.24, 2.45) is 17.8 Å². The molecular formula is C27H25IN2O3. The van der Waals surface area contributed by atoms with E-state index in [1.165, 1.54) is 50.2 Å². The summed E-state index contributed by atoms with van der Waals surface area (Å²) in [6, 6.07) is 14.7. The van der Waals surface area contributed by atoms with Crippen LogP contribution >= 0.6 is 22.6 Å². The van der Waals surface area contributed by atoms with Gasteiger partial charge >= 0.3 is 6.03 Å². The van der Waals surface area contributed by atoms with Gasteiger partial charge in [-0.05, 0) is 126 Å². The summed E-state index contributed by atoms with van der Waals surface area (Å²) >= 11 is 2.20. The molecular weight excluding hydrogens is 527 g/mol. The second kappa shape index (κ2) is 7.79. The second-order valence-electron chi connectivity index (χ2n) is 10.3. The number of benzene rings is 2. The van der Waals surface area contributed by atoms with Gasteiger partial charge in [0.15, 0.2) is 0 Å². The molecule has 0 atom stereocenters. The van der Waals surface area contributed by atoms with E-state index in [-0.39, 0.29) is 11.0 Å². The lowest BCUT2D eigenvalue weighted by atomic mass is 9.48. The molecule has 4 bridgehead atoms. The number of nitrogens with one attached hydrogen (secondary N) is 1. The van der Waals surface area contributed by atoms with Crippen molar-refractivity contribution in [2.45, 2.75) is 43.9 Å². The third kappa shape index (κ3) is 3.63. The molecule has 4 amide bonds. The molecule has 1 heterocycles. The predicted molar refractivity (Wildman–Crippen MR) is 134 cm³/mol. The number of amides is 4. The number of carbonyl (C=O) groups is 3. The van der Waals surface area contributed by atoms with Crippen molar-refractivity contribution in [3.63, 3.8) is 0 Å². The van der Waals surface area contributed by atoms with Crippen LogP contribution in [-0.2, 0) is 15.0 Å². The standard InChI is InChI=1S/C27H25IN2O3/c28-21-5-1-16(2-6-21)12-23-24(31)29-26(33)30(25(23)32)22-7-3-20(4-8-22)27-13-17-9-18(14-27)11-19(10-17)15-27/h1-8,12,17-19H,9-11,13-15H2,(H,29,31,33)/b23-12+.